The lowest BCUT2D eigenvalue weighted by Crippen LogP contribution is -2.46. The van der Waals surface area contributed by atoms with Crippen molar-refractivity contribution in [3.63, 3.8) is 0 Å². The lowest BCUT2D eigenvalue weighted by atomic mass is 9.88. The number of benzene rings is 4. The van der Waals surface area contributed by atoms with Crippen LogP contribution in [-0.2, 0) is 6.54 Å². The number of hydrogen-bond acceptors (Lipinski definition) is 4. The van der Waals surface area contributed by atoms with E-state index >= 15 is 0 Å². The Morgan fingerprint density at radius 3 is 2.05 bits per heavy atom. The van der Waals surface area contributed by atoms with E-state index in [1.54, 1.807) is 7.11 Å². The Bertz CT molecular complexity index is 1480. The molecule has 0 radical (unpaired) electrons. The maximum atomic E-state index is 11.0. The molecular weight excluding hydrogens is 494 g/mol. The van der Waals surface area contributed by atoms with E-state index in [1.165, 1.54) is 16.8 Å². The molecular formula is C35H37N3O2. The van der Waals surface area contributed by atoms with Crippen LogP contribution in [0.3, 0.4) is 0 Å². The van der Waals surface area contributed by atoms with Gasteiger partial charge in [0.1, 0.15) is 5.75 Å². The summed E-state index contributed by atoms with van der Waals surface area (Å²) >= 11 is 0. The molecule has 0 atom stereocenters. The van der Waals surface area contributed by atoms with E-state index in [-0.39, 0.29) is 0 Å². The molecule has 204 valence electrons. The normalized spacial score (nSPS) is 14.2. The van der Waals surface area contributed by atoms with Gasteiger partial charge in [0.2, 0.25) is 0 Å². The molecule has 0 unspecified atom stereocenters. The van der Waals surface area contributed by atoms with E-state index < -0.39 is 0 Å². The molecule has 5 aromatic rings. The third-order valence-electron chi connectivity index (χ3n) is 8.23. The molecule has 5 heteroatoms. The summed E-state index contributed by atoms with van der Waals surface area (Å²) < 4.78 is 7.19. The summed E-state index contributed by atoms with van der Waals surface area (Å²) in [6.07, 6.45) is 3.14. The van der Waals surface area contributed by atoms with Crippen molar-refractivity contribution in [2.45, 2.75) is 18.9 Å². The Morgan fingerprint density at radius 2 is 1.43 bits per heavy atom. The SMILES string of the molecule is COc1ccc(Cn2cc3ccc(N4CCN(CCC(c5ccccc5)c5ccccc5)CC4)cc3c2O)cc1. The van der Waals surface area contributed by atoms with Gasteiger partial charge in [0, 0.05) is 54.8 Å². The standard InChI is InChI=1S/C35H37N3O2/c1-40-32-16-12-27(13-17-32)25-38-26-30-14-15-31(24-34(30)35(38)39)37-22-20-36(21-23-37)19-18-33(28-8-4-2-5-9-28)29-10-6-3-7-11-29/h2-17,24,26,33,39H,18-23,25H2,1H3. The first kappa shape index (κ1) is 26.0. The molecule has 40 heavy (non-hydrogen) atoms. The predicted octanol–water partition coefficient (Wildman–Crippen LogP) is 6.75. The molecule has 0 amide bonds. The lowest BCUT2D eigenvalue weighted by Gasteiger charge is -2.36. The fourth-order valence-corrected chi connectivity index (χ4v) is 5.92. The Balaban J connectivity index is 1.09. The van der Waals surface area contributed by atoms with Crippen LogP contribution in [0.5, 0.6) is 11.6 Å². The predicted molar refractivity (Wildman–Crippen MR) is 164 cm³/mol. The van der Waals surface area contributed by atoms with Gasteiger partial charge in [-0.25, -0.2) is 0 Å². The van der Waals surface area contributed by atoms with Crippen molar-refractivity contribution < 1.29 is 9.84 Å². The Labute approximate surface area is 236 Å². The zero-order valence-electron chi connectivity index (χ0n) is 23.1. The van der Waals surface area contributed by atoms with Crippen LogP contribution in [0, 0.1) is 0 Å². The number of aromatic hydroxyl groups is 1. The molecule has 1 aliphatic heterocycles. The van der Waals surface area contributed by atoms with Gasteiger partial charge in [-0.15, -0.1) is 0 Å². The van der Waals surface area contributed by atoms with Gasteiger partial charge in [-0.3, -0.25) is 4.90 Å². The van der Waals surface area contributed by atoms with Crippen molar-refractivity contribution in [2.75, 3.05) is 44.7 Å². The molecule has 6 rings (SSSR count). The van der Waals surface area contributed by atoms with Crippen molar-refractivity contribution in [3.05, 3.63) is 126 Å². The van der Waals surface area contributed by atoms with Crippen molar-refractivity contribution in [1.82, 2.24) is 9.47 Å². The highest BCUT2D eigenvalue weighted by Crippen LogP contribution is 2.33. The molecule has 1 N–H and O–H groups in total. The smallest absolute Gasteiger partial charge is 0.199 e. The number of hydrogen-bond donors (Lipinski definition) is 1. The first-order valence-corrected chi connectivity index (χ1v) is 14.2. The van der Waals surface area contributed by atoms with Gasteiger partial charge in [-0.1, -0.05) is 78.9 Å². The molecule has 2 heterocycles. The Morgan fingerprint density at radius 1 is 0.775 bits per heavy atom. The maximum Gasteiger partial charge on any atom is 0.199 e. The number of fused-ring (bicyclic) bond motifs is 1. The van der Waals surface area contributed by atoms with Crippen molar-refractivity contribution in [2.24, 2.45) is 0 Å². The second-order valence-corrected chi connectivity index (χ2v) is 10.7. The Kier molecular flexibility index (Phi) is 7.73. The van der Waals surface area contributed by atoms with Crippen LogP contribution in [0.2, 0.25) is 0 Å². The summed E-state index contributed by atoms with van der Waals surface area (Å²) in [5.74, 6) is 1.56. The molecule has 0 bridgehead atoms. The molecule has 5 nitrogen and oxygen atoms in total. The van der Waals surface area contributed by atoms with E-state index in [1.807, 2.05) is 35.0 Å². The highest BCUT2D eigenvalue weighted by Gasteiger charge is 2.21. The minimum Gasteiger partial charge on any atom is -0.497 e. The number of piperazine rings is 1. The highest BCUT2D eigenvalue weighted by atomic mass is 16.5. The summed E-state index contributed by atoms with van der Waals surface area (Å²) in [4.78, 5) is 5.04. The number of methoxy groups -OCH3 is 1. The van der Waals surface area contributed by atoms with Gasteiger partial charge in [-0.2, -0.15) is 0 Å². The molecule has 0 saturated carbocycles. The van der Waals surface area contributed by atoms with Crippen LogP contribution >= 0.6 is 0 Å². The van der Waals surface area contributed by atoms with E-state index in [9.17, 15) is 5.11 Å². The minimum absolute atomic E-state index is 0.319. The van der Waals surface area contributed by atoms with Crippen molar-refractivity contribution >= 4 is 16.5 Å². The first-order chi connectivity index (χ1) is 19.7. The second kappa shape index (κ2) is 11.9. The maximum absolute atomic E-state index is 11.0. The van der Waals surface area contributed by atoms with Crippen molar-refractivity contribution in [1.29, 1.82) is 0 Å². The zero-order chi connectivity index (χ0) is 27.3. The van der Waals surface area contributed by atoms with E-state index in [0.717, 1.165) is 61.2 Å². The molecule has 1 saturated heterocycles. The summed E-state index contributed by atoms with van der Waals surface area (Å²) in [5, 5.41) is 13.0. The third kappa shape index (κ3) is 5.70. The van der Waals surface area contributed by atoms with E-state index in [2.05, 4.69) is 88.7 Å². The van der Waals surface area contributed by atoms with Crippen LogP contribution in [0.25, 0.3) is 10.8 Å². The average Bonchev–Trinajstić information content (AvgIpc) is 3.33. The zero-order valence-corrected chi connectivity index (χ0v) is 23.1. The highest BCUT2D eigenvalue weighted by molar-refractivity contribution is 5.90. The van der Waals surface area contributed by atoms with Crippen LogP contribution < -0.4 is 9.64 Å². The molecule has 4 aromatic carbocycles. The van der Waals surface area contributed by atoms with E-state index in [4.69, 9.17) is 4.74 Å². The topological polar surface area (TPSA) is 40.9 Å². The molecule has 0 spiro atoms. The summed E-state index contributed by atoms with van der Waals surface area (Å²) in [5.41, 5.74) is 5.07. The van der Waals surface area contributed by atoms with Crippen LogP contribution in [-0.4, -0.2) is 54.4 Å². The summed E-state index contributed by atoms with van der Waals surface area (Å²) in [6.45, 7) is 5.75. The third-order valence-corrected chi connectivity index (χ3v) is 8.23. The fraction of sp³-hybridized carbons (Fsp3) is 0.257. The molecule has 1 aliphatic rings. The fourth-order valence-electron chi connectivity index (χ4n) is 5.92. The monoisotopic (exact) mass is 531 g/mol. The van der Waals surface area contributed by atoms with E-state index in [0.29, 0.717) is 18.3 Å². The molecule has 0 aliphatic carbocycles. The van der Waals surface area contributed by atoms with Gasteiger partial charge in [0.05, 0.1) is 13.7 Å². The summed E-state index contributed by atoms with van der Waals surface area (Å²) in [7, 11) is 1.67. The van der Waals surface area contributed by atoms with Crippen LogP contribution in [0.1, 0.15) is 29.0 Å². The average molecular weight is 532 g/mol. The number of nitrogens with zero attached hydrogens (tertiary/aromatic N) is 3. The largest absolute Gasteiger partial charge is 0.497 e. The molecule has 1 aromatic heterocycles. The van der Waals surface area contributed by atoms with Gasteiger partial charge in [-0.05, 0) is 53.9 Å². The second-order valence-electron chi connectivity index (χ2n) is 10.7. The Hall–Kier alpha value is -4.22. The minimum atomic E-state index is 0.319. The number of aromatic nitrogens is 1. The lowest BCUT2D eigenvalue weighted by molar-refractivity contribution is 0.251. The number of ether oxygens (including phenoxy) is 1. The van der Waals surface area contributed by atoms with Gasteiger partial charge >= 0.3 is 0 Å². The summed E-state index contributed by atoms with van der Waals surface area (Å²) in [6, 6.07) is 36.2. The quantitative estimate of drug-likeness (QED) is 0.229. The first-order valence-electron chi connectivity index (χ1n) is 14.2. The van der Waals surface area contributed by atoms with Crippen molar-refractivity contribution in [3.8, 4) is 11.6 Å². The number of rotatable bonds is 9. The van der Waals surface area contributed by atoms with Crippen LogP contribution in [0.15, 0.2) is 109 Å². The molecule has 1 fully saturated rings. The van der Waals surface area contributed by atoms with Gasteiger partial charge in [0.15, 0.2) is 5.88 Å². The van der Waals surface area contributed by atoms with Crippen LogP contribution in [0.4, 0.5) is 5.69 Å². The van der Waals surface area contributed by atoms with Gasteiger partial charge in [0.25, 0.3) is 0 Å². The van der Waals surface area contributed by atoms with Gasteiger partial charge < -0.3 is 19.3 Å². The number of anilines is 1.